The lowest BCUT2D eigenvalue weighted by Gasteiger charge is -2.31. The number of pyridine rings is 2. The molecule has 0 atom stereocenters. The molecule has 28 heavy (non-hydrogen) atoms. The van der Waals surface area contributed by atoms with Crippen LogP contribution in [0.2, 0.25) is 0 Å². The van der Waals surface area contributed by atoms with Crippen LogP contribution in [0.1, 0.15) is 35.8 Å². The van der Waals surface area contributed by atoms with Crippen LogP contribution >= 0.6 is 0 Å². The molecule has 3 rings (SSSR count). The summed E-state index contributed by atoms with van der Waals surface area (Å²) in [7, 11) is 0. The maximum absolute atomic E-state index is 12.6. The molecule has 0 unspecified atom stereocenters. The Labute approximate surface area is 164 Å². The highest BCUT2D eigenvalue weighted by Crippen LogP contribution is 2.14. The first-order valence-electron chi connectivity index (χ1n) is 9.48. The molecule has 2 amide bonds. The predicted octanol–water partition coefficient (Wildman–Crippen LogP) is 2.44. The topological polar surface area (TPSA) is 96.5 Å². The smallest absolute Gasteiger partial charge is 0.409 e. The van der Waals surface area contributed by atoms with Gasteiger partial charge in [0, 0.05) is 37.1 Å². The van der Waals surface area contributed by atoms with Gasteiger partial charge in [0.1, 0.15) is 5.82 Å². The first-order valence-corrected chi connectivity index (χ1v) is 9.48. The average Bonchev–Trinajstić information content (AvgIpc) is 2.74. The summed E-state index contributed by atoms with van der Waals surface area (Å²) in [5.41, 5.74) is 1.44. The number of nitrogens with zero attached hydrogens (tertiary/aromatic N) is 3. The van der Waals surface area contributed by atoms with Gasteiger partial charge in [-0.1, -0.05) is 6.07 Å². The van der Waals surface area contributed by atoms with E-state index in [9.17, 15) is 9.59 Å². The monoisotopic (exact) mass is 383 g/mol. The van der Waals surface area contributed by atoms with Gasteiger partial charge in [-0.3, -0.25) is 9.78 Å². The lowest BCUT2D eigenvalue weighted by atomic mass is 10.0. The van der Waals surface area contributed by atoms with E-state index in [-0.39, 0.29) is 18.0 Å². The van der Waals surface area contributed by atoms with E-state index in [2.05, 4.69) is 20.6 Å². The summed E-state index contributed by atoms with van der Waals surface area (Å²) >= 11 is 0. The predicted molar refractivity (Wildman–Crippen MR) is 105 cm³/mol. The van der Waals surface area contributed by atoms with Gasteiger partial charge in [0.05, 0.1) is 18.8 Å². The number of anilines is 1. The van der Waals surface area contributed by atoms with Crippen molar-refractivity contribution in [3.05, 3.63) is 54.0 Å². The van der Waals surface area contributed by atoms with E-state index < -0.39 is 0 Å². The zero-order valence-electron chi connectivity index (χ0n) is 15.9. The first kappa shape index (κ1) is 19.6. The fraction of sp³-hybridized carbons (Fsp3) is 0.400. The lowest BCUT2D eigenvalue weighted by molar-refractivity contribution is 0.0860. The molecule has 8 heteroatoms. The number of likely N-dealkylation sites (tertiary alicyclic amines) is 1. The number of carbonyl (C=O) groups excluding carboxylic acids is 2. The van der Waals surface area contributed by atoms with Crippen LogP contribution in [0.3, 0.4) is 0 Å². The van der Waals surface area contributed by atoms with E-state index in [0.29, 0.717) is 50.5 Å². The second-order valence-electron chi connectivity index (χ2n) is 6.54. The maximum Gasteiger partial charge on any atom is 0.409 e. The van der Waals surface area contributed by atoms with Gasteiger partial charge in [-0.05, 0) is 44.0 Å². The molecular formula is C20H25N5O3. The third kappa shape index (κ3) is 5.42. The number of ether oxygens (including phenoxy) is 1. The van der Waals surface area contributed by atoms with Crippen molar-refractivity contribution < 1.29 is 14.3 Å². The Kier molecular flexibility index (Phi) is 6.78. The van der Waals surface area contributed by atoms with Crippen LogP contribution in [0, 0.1) is 0 Å². The third-order valence-electron chi connectivity index (χ3n) is 4.56. The van der Waals surface area contributed by atoms with Gasteiger partial charge >= 0.3 is 6.09 Å². The minimum Gasteiger partial charge on any atom is -0.450 e. The van der Waals surface area contributed by atoms with Crippen LogP contribution in [-0.4, -0.2) is 52.6 Å². The second kappa shape index (κ2) is 9.68. The van der Waals surface area contributed by atoms with E-state index in [1.54, 1.807) is 36.4 Å². The van der Waals surface area contributed by atoms with Gasteiger partial charge in [0.25, 0.3) is 5.91 Å². The summed E-state index contributed by atoms with van der Waals surface area (Å²) in [6, 6.07) is 9.17. The molecule has 1 aliphatic rings. The van der Waals surface area contributed by atoms with E-state index in [1.807, 2.05) is 18.2 Å². The summed E-state index contributed by atoms with van der Waals surface area (Å²) in [5, 5.41) is 6.22. The fourth-order valence-electron chi connectivity index (χ4n) is 3.04. The molecule has 0 radical (unpaired) electrons. The molecule has 0 aromatic carbocycles. The number of hydrogen-bond acceptors (Lipinski definition) is 6. The lowest BCUT2D eigenvalue weighted by Crippen LogP contribution is -2.46. The Bertz CT molecular complexity index is 791. The zero-order valence-corrected chi connectivity index (χ0v) is 15.9. The highest BCUT2D eigenvalue weighted by atomic mass is 16.6. The number of hydrogen-bond donors (Lipinski definition) is 2. The Hall–Kier alpha value is -3.16. The molecule has 0 saturated carbocycles. The molecule has 2 aromatic rings. The first-order chi connectivity index (χ1) is 13.7. The highest BCUT2D eigenvalue weighted by molar-refractivity contribution is 5.95. The minimum atomic E-state index is -0.287. The van der Waals surface area contributed by atoms with E-state index in [0.717, 1.165) is 5.69 Å². The van der Waals surface area contributed by atoms with Gasteiger partial charge in [-0.25, -0.2) is 9.78 Å². The number of piperidine rings is 1. The van der Waals surface area contributed by atoms with E-state index >= 15 is 0 Å². The number of nitrogens with one attached hydrogen (secondary N) is 2. The quantitative estimate of drug-likeness (QED) is 0.795. The number of aromatic nitrogens is 2. The standard InChI is InChI=1S/C20H25N5O3/c1-2-28-20(27)25-11-7-16(8-12-25)24-19(26)15-6-10-22-18(13-15)23-14-17-5-3-4-9-21-17/h3-6,9-10,13,16H,2,7-8,11-12,14H2,1H3,(H,22,23)(H,24,26). The summed E-state index contributed by atoms with van der Waals surface area (Å²) in [5.74, 6) is 0.480. The van der Waals surface area contributed by atoms with Crippen LogP contribution < -0.4 is 10.6 Å². The second-order valence-corrected chi connectivity index (χ2v) is 6.54. The van der Waals surface area contributed by atoms with Crippen LogP contribution in [0.15, 0.2) is 42.7 Å². The Morgan fingerprint density at radius 3 is 2.71 bits per heavy atom. The molecule has 8 nitrogen and oxygen atoms in total. The van der Waals surface area contributed by atoms with Crippen molar-refractivity contribution in [2.45, 2.75) is 32.4 Å². The number of rotatable bonds is 6. The largest absolute Gasteiger partial charge is 0.450 e. The van der Waals surface area contributed by atoms with Crippen molar-refractivity contribution in [1.82, 2.24) is 20.2 Å². The molecule has 1 fully saturated rings. The summed E-state index contributed by atoms with van der Waals surface area (Å²) < 4.78 is 5.02. The van der Waals surface area contributed by atoms with Crippen LogP contribution in [0.4, 0.5) is 10.6 Å². The van der Waals surface area contributed by atoms with Crippen molar-refractivity contribution in [3.8, 4) is 0 Å². The normalized spacial score (nSPS) is 14.4. The molecule has 148 valence electrons. The van der Waals surface area contributed by atoms with E-state index in [4.69, 9.17) is 4.74 Å². The van der Waals surface area contributed by atoms with Crippen molar-refractivity contribution in [2.24, 2.45) is 0 Å². The molecule has 1 aliphatic heterocycles. The Balaban J connectivity index is 1.50. The molecule has 0 bridgehead atoms. The van der Waals surface area contributed by atoms with Gasteiger partial charge in [-0.15, -0.1) is 0 Å². The van der Waals surface area contributed by atoms with Crippen LogP contribution in [0.5, 0.6) is 0 Å². The highest BCUT2D eigenvalue weighted by Gasteiger charge is 2.24. The molecule has 0 spiro atoms. The number of amides is 2. The Morgan fingerprint density at radius 1 is 1.18 bits per heavy atom. The molecule has 2 N–H and O–H groups in total. The van der Waals surface area contributed by atoms with Crippen molar-refractivity contribution >= 4 is 17.8 Å². The number of carbonyl (C=O) groups is 2. The maximum atomic E-state index is 12.6. The summed E-state index contributed by atoms with van der Waals surface area (Å²) in [6.07, 6.45) is 4.48. The molecule has 2 aromatic heterocycles. The van der Waals surface area contributed by atoms with Gasteiger partial charge in [0.15, 0.2) is 0 Å². The zero-order chi connectivity index (χ0) is 19.8. The molecule has 0 aliphatic carbocycles. The van der Waals surface area contributed by atoms with Crippen molar-refractivity contribution in [3.63, 3.8) is 0 Å². The van der Waals surface area contributed by atoms with Crippen molar-refractivity contribution in [2.75, 3.05) is 25.0 Å². The molecular weight excluding hydrogens is 358 g/mol. The van der Waals surface area contributed by atoms with Crippen LogP contribution in [0.25, 0.3) is 0 Å². The van der Waals surface area contributed by atoms with E-state index in [1.165, 1.54) is 0 Å². The van der Waals surface area contributed by atoms with Gasteiger partial charge in [-0.2, -0.15) is 0 Å². The summed E-state index contributed by atoms with van der Waals surface area (Å²) in [6.45, 7) is 3.85. The molecule has 3 heterocycles. The minimum absolute atomic E-state index is 0.0382. The molecule has 1 saturated heterocycles. The SMILES string of the molecule is CCOC(=O)N1CCC(NC(=O)c2ccnc(NCc3ccccn3)c2)CC1. The van der Waals surface area contributed by atoms with Gasteiger partial charge < -0.3 is 20.3 Å². The van der Waals surface area contributed by atoms with Crippen LogP contribution in [-0.2, 0) is 11.3 Å². The Morgan fingerprint density at radius 2 is 2.00 bits per heavy atom. The average molecular weight is 383 g/mol. The third-order valence-corrected chi connectivity index (χ3v) is 4.56. The van der Waals surface area contributed by atoms with Gasteiger partial charge in [0.2, 0.25) is 0 Å². The summed E-state index contributed by atoms with van der Waals surface area (Å²) in [4.78, 5) is 34.5. The fourth-order valence-corrected chi connectivity index (χ4v) is 3.04. The van der Waals surface area contributed by atoms with Crippen molar-refractivity contribution in [1.29, 1.82) is 0 Å².